The zero-order valence-corrected chi connectivity index (χ0v) is 24.7. The molecule has 1 saturated heterocycles. The van der Waals surface area contributed by atoms with Crippen LogP contribution in [0.1, 0.15) is 34.1 Å². The number of carbonyl (C=O) groups excluding carboxylic acids is 2. The Morgan fingerprint density at radius 1 is 1.20 bits per heavy atom. The van der Waals surface area contributed by atoms with Gasteiger partial charge >= 0.3 is 5.97 Å². The maximum Gasteiger partial charge on any atom is 0.340 e. The lowest BCUT2D eigenvalue weighted by Crippen LogP contribution is -2.55. The Labute approximate surface area is 240 Å². The van der Waals surface area contributed by atoms with Gasteiger partial charge in [0.2, 0.25) is 15.7 Å². The van der Waals surface area contributed by atoms with Gasteiger partial charge in [-0.05, 0) is 44.5 Å². The monoisotopic (exact) mass is 622 g/mol. The third-order valence-electron chi connectivity index (χ3n) is 6.20. The summed E-state index contributed by atoms with van der Waals surface area (Å²) in [6, 6.07) is 9.18. The quantitative estimate of drug-likeness (QED) is 0.369. The van der Waals surface area contributed by atoms with Crippen molar-refractivity contribution >= 4 is 60.5 Å². The molecule has 1 amide bonds. The Hall–Kier alpha value is -3.51. The second kappa shape index (κ2) is 11.2. The van der Waals surface area contributed by atoms with Crippen LogP contribution in [0.15, 0.2) is 49.7 Å². The van der Waals surface area contributed by atoms with Crippen molar-refractivity contribution in [3.63, 3.8) is 0 Å². The fourth-order valence-corrected chi connectivity index (χ4v) is 9.14. The number of aromatic nitrogens is 1. The molecule has 0 saturated carbocycles. The number of halogens is 1. The molecule has 0 aliphatic carbocycles. The summed E-state index contributed by atoms with van der Waals surface area (Å²) in [5.41, 5.74) is 0.589. The van der Waals surface area contributed by atoms with Crippen molar-refractivity contribution in [3.8, 4) is 6.07 Å². The number of aryl methyl sites for hydroxylation is 1. The number of anilines is 1. The Morgan fingerprint density at radius 3 is 2.50 bits per heavy atom. The van der Waals surface area contributed by atoms with Gasteiger partial charge in [-0.3, -0.25) is 4.79 Å². The number of sulfonamides is 1. The minimum atomic E-state index is -4.38. The summed E-state index contributed by atoms with van der Waals surface area (Å²) in [4.78, 5) is 30.5. The summed E-state index contributed by atoms with van der Waals surface area (Å²) in [6.07, 6.45) is 0. The molecule has 40 heavy (non-hydrogen) atoms. The maximum atomic E-state index is 13.1. The summed E-state index contributed by atoms with van der Waals surface area (Å²) in [5.74, 6) is -1.85. The normalized spacial score (nSPS) is 13.8. The van der Waals surface area contributed by atoms with E-state index < -0.39 is 37.7 Å². The minimum absolute atomic E-state index is 0.000110. The summed E-state index contributed by atoms with van der Waals surface area (Å²) in [5, 5.41) is 10.8. The van der Waals surface area contributed by atoms with Crippen molar-refractivity contribution in [2.75, 3.05) is 24.6 Å². The molecule has 1 aromatic carbocycles. The number of hydrogen-bond acceptors (Lipinski definition) is 11. The number of esters is 1. The first-order chi connectivity index (χ1) is 18.8. The van der Waals surface area contributed by atoms with Crippen LogP contribution in [0, 0.1) is 31.1 Å². The number of nitrogens with zero attached hydrogens (tertiary/aromatic N) is 3. The molecular weight excluding hydrogens is 600 g/mol. The Morgan fingerprint density at radius 2 is 1.88 bits per heavy atom. The predicted octanol–water partition coefficient (Wildman–Crippen LogP) is 3.24. The second-order valence-electron chi connectivity index (χ2n) is 8.84. The van der Waals surface area contributed by atoms with Crippen LogP contribution in [0.3, 0.4) is 0 Å². The number of hydrogen-bond donors (Lipinski definition) is 1. The van der Waals surface area contributed by atoms with Crippen LogP contribution in [0.2, 0.25) is 5.02 Å². The van der Waals surface area contributed by atoms with Crippen molar-refractivity contribution in [1.29, 1.82) is 5.26 Å². The zero-order valence-electron chi connectivity index (χ0n) is 21.5. The van der Waals surface area contributed by atoms with Crippen LogP contribution in [-0.2, 0) is 29.4 Å². The summed E-state index contributed by atoms with van der Waals surface area (Å²) in [6.45, 7) is 4.93. The number of nitriles is 1. The highest BCUT2D eigenvalue weighted by Crippen LogP contribution is 2.36. The molecule has 15 heteroatoms. The van der Waals surface area contributed by atoms with E-state index in [0.29, 0.717) is 17.0 Å². The topological polar surface area (TPSA) is 164 Å². The van der Waals surface area contributed by atoms with Gasteiger partial charge in [-0.25, -0.2) is 31.3 Å². The van der Waals surface area contributed by atoms with Crippen molar-refractivity contribution in [2.45, 2.75) is 34.8 Å². The van der Waals surface area contributed by atoms with Gasteiger partial charge in [-0.1, -0.05) is 23.7 Å². The van der Waals surface area contributed by atoms with Gasteiger partial charge in [-0.2, -0.15) is 5.26 Å². The third kappa shape index (κ3) is 5.42. The lowest BCUT2D eigenvalue weighted by Gasteiger charge is -2.39. The first kappa shape index (κ1) is 29.5. The SMILES string of the molecule is CCOC(=O)c1cc(C#N)c(N2CC(C(=O)NS(=O)(=O)c3scc(S(=O)(=O)c4ccccc4Cl)c3C)C2)nc1C. The number of nitrogens with one attached hydrogen (secondary N) is 1. The molecule has 0 bridgehead atoms. The summed E-state index contributed by atoms with van der Waals surface area (Å²) < 4.78 is 59.0. The van der Waals surface area contributed by atoms with Crippen LogP contribution in [-0.4, -0.2) is 53.4 Å². The zero-order chi connectivity index (χ0) is 29.4. The first-order valence-electron chi connectivity index (χ1n) is 11.8. The largest absolute Gasteiger partial charge is 0.462 e. The molecule has 0 spiro atoms. The first-order valence-corrected chi connectivity index (χ1v) is 16.0. The van der Waals surface area contributed by atoms with E-state index in [1.807, 2.05) is 10.8 Å². The lowest BCUT2D eigenvalue weighted by atomic mass is 9.98. The van der Waals surface area contributed by atoms with Crippen molar-refractivity contribution < 1.29 is 31.2 Å². The molecule has 210 valence electrons. The van der Waals surface area contributed by atoms with Gasteiger partial charge in [0.1, 0.15) is 16.1 Å². The number of benzene rings is 1. The Balaban J connectivity index is 1.49. The van der Waals surface area contributed by atoms with Gasteiger partial charge in [0.25, 0.3) is 10.0 Å². The molecule has 1 fully saturated rings. The fraction of sp³-hybridized carbons (Fsp3) is 0.280. The Kier molecular flexibility index (Phi) is 8.23. The van der Waals surface area contributed by atoms with Crippen molar-refractivity contribution in [2.24, 2.45) is 5.92 Å². The molecular formula is C25H23ClN4O7S3. The number of rotatable bonds is 8. The maximum absolute atomic E-state index is 13.1. The van der Waals surface area contributed by atoms with Gasteiger partial charge in [0, 0.05) is 18.5 Å². The standard InChI is InChI=1S/C25H23ClN4O7S3/c1-4-37-24(32)18-9-16(10-27)22(28-15(18)3)30-11-17(12-30)23(31)29-40(35,36)25-14(2)21(13-38-25)39(33,34)20-8-6-5-7-19(20)26/h5-9,13,17H,4,11-12H2,1-3H3,(H,29,31). The smallest absolute Gasteiger partial charge is 0.340 e. The number of ether oxygens (including phenoxy) is 1. The average Bonchev–Trinajstić information content (AvgIpc) is 3.26. The van der Waals surface area contributed by atoms with Crippen LogP contribution in [0.4, 0.5) is 5.82 Å². The molecule has 1 N–H and O–H groups in total. The highest BCUT2D eigenvalue weighted by atomic mass is 35.5. The van der Waals surface area contributed by atoms with Crippen LogP contribution in [0.5, 0.6) is 0 Å². The predicted molar refractivity (Wildman–Crippen MR) is 147 cm³/mol. The van der Waals surface area contributed by atoms with E-state index in [-0.39, 0.29) is 61.2 Å². The number of amides is 1. The molecule has 0 unspecified atom stereocenters. The highest BCUT2D eigenvalue weighted by Gasteiger charge is 2.38. The van der Waals surface area contributed by atoms with Gasteiger partial charge in [0.05, 0.1) is 44.2 Å². The van der Waals surface area contributed by atoms with Crippen LogP contribution in [0.25, 0.3) is 0 Å². The lowest BCUT2D eigenvalue weighted by molar-refractivity contribution is -0.123. The Bertz CT molecular complexity index is 1770. The summed E-state index contributed by atoms with van der Waals surface area (Å²) >= 11 is 6.74. The number of sulfone groups is 1. The van der Waals surface area contributed by atoms with E-state index in [0.717, 1.165) is 0 Å². The van der Waals surface area contributed by atoms with E-state index >= 15 is 0 Å². The highest BCUT2D eigenvalue weighted by molar-refractivity contribution is 7.93. The number of pyridine rings is 1. The molecule has 11 nitrogen and oxygen atoms in total. The minimum Gasteiger partial charge on any atom is -0.462 e. The van der Waals surface area contributed by atoms with E-state index in [9.17, 15) is 31.7 Å². The average molecular weight is 623 g/mol. The molecule has 0 atom stereocenters. The van der Waals surface area contributed by atoms with Crippen molar-refractivity contribution in [1.82, 2.24) is 9.71 Å². The van der Waals surface area contributed by atoms with Gasteiger partial charge in [0.15, 0.2) is 0 Å². The van der Waals surface area contributed by atoms with E-state index in [2.05, 4.69) is 4.98 Å². The number of thiophene rings is 1. The molecule has 3 aromatic rings. The van der Waals surface area contributed by atoms with E-state index in [4.69, 9.17) is 16.3 Å². The second-order valence-corrected chi connectivity index (χ2v) is 13.9. The van der Waals surface area contributed by atoms with Gasteiger partial charge in [-0.15, -0.1) is 11.3 Å². The molecule has 0 radical (unpaired) electrons. The molecule has 3 heterocycles. The molecule has 1 aliphatic rings. The molecule has 1 aliphatic heterocycles. The van der Waals surface area contributed by atoms with E-state index in [1.54, 1.807) is 24.8 Å². The van der Waals surface area contributed by atoms with Crippen molar-refractivity contribution in [3.05, 3.63) is 63.1 Å². The van der Waals surface area contributed by atoms with Gasteiger partial charge < -0.3 is 9.64 Å². The molecule has 4 rings (SSSR count). The third-order valence-corrected chi connectivity index (χ3v) is 11.8. The summed E-state index contributed by atoms with van der Waals surface area (Å²) in [7, 11) is -8.49. The number of carbonyl (C=O) groups is 2. The molecule has 2 aromatic heterocycles. The van der Waals surface area contributed by atoms with E-state index in [1.165, 1.54) is 36.6 Å². The fourth-order valence-electron chi connectivity index (χ4n) is 4.11. The van der Waals surface area contributed by atoms with Crippen LogP contribution >= 0.6 is 22.9 Å². The van der Waals surface area contributed by atoms with Crippen LogP contribution < -0.4 is 9.62 Å².